The summed E-state index contributed by atoms with van der Waals surface area (Å²) in [7, 11) is 1.93. The molecule has 0 radical (unpaired) electrons. The van der Waals surface area contributed by atoms with Crippen LogP contribution in [-0.4, -0.2) is 28.1 Å². The Labute approximate surface area is 132 Å². The largest absolute Gasteiger partial charge is 0.477 e. The maximum Gasteiger partial charge on any atom is 0.347 e. The third-order valence-corrected chi connectivity index (χ3v) is 5.56. The van der Waals surface area contributed by atoms with Crippen LogP contribution in [0.25, 0.3) is 0 Å². The average molecular weight is 325 g/mol. The van der Waals surface area contributed by atoms with E-state index < -0.39 is 5.97 Å². The normalized spacial score (nSPS) is 12.4. The van der Waals surface area contributed by atoms with Crippen molar-refractivity contribution in [2.24, 2.45) is 0 Å². The third kappa shape index (κ3) is 3.41. The average Bonchev–Trinajstić information content (AvgIpc) is 3.05. The minimum absolute atomic E-state index is 0.152. The second-order valence-corrected chi connectivity index (χ2v) is 6.96. The van der Waals surface area contributed by atoms with Gasteiger partial charge in [-0.25, -0.2) is 14.8 Å². The smallest absolute Gasteiger partial charge is 0.347 e. The lowest BCUT2D eigenvalue weighted by Gasteiger charge is -2.14. The molecular weight excluding hydrogens is 306 g/mol. The Bertz CT molecular complexity index is 636. The zero-order valence-electron chi connectivity index (χ0n) is 12.6. The van der Waals surface area contributed by atoms with Crippen LogP contribution in [0.4, 0.5) is 5.13 Å². The molecular formula is C14H19N3O2S2. The predicted octanol–water partition coefficient (Wildman–Crippen LogP) is 3.76. The van der Waals surface area contributed by atoms with Crippen molar-refractivity contribution in [3.05, 3.63) is 26.7 Å². The fourth-order valence-corrected chi connectivity index (χ4v) is 3.74. The van der Waals surface area contributed by atoms with Gasteiger partial charge in [0.2, 0.25) is 0 Å². The summed E-state index contributed by atoms with van der Waals surface area (Å²) in [5.41, 5.74) is 3.54. The van der Waals surface area contributed by atoms with Gasteiger partial charge in [0.25, 0.3) is 0 Å². The summed E-state index contributed by atoms with van der Waals surface area (Å²) in [6, 6.07) is 0. The summed E-state index contributed by atoms with van der Waals surface area (Å²) in [6.07, 6.45) is 0.876. The summed E-state index contributed by atoms with van der Waals surface area (Å²) in [4.78, 5) is 23.7. The van der Waals surface area contributed by atoms with E-state index in [2.05, 4.69) is 9.97 Å². The van der Waals surface area contributed by atoms with Gasteiger partial charge in [0.1, 0.15) is 4.88 Å². The monoisotopic (exact) mass is 325 g/mol. The maximum absolute atomic E-state index is 11.4. The first-order chi connectivity index (χ1) is 9.93. The molecule has 0 saturated heterocycles. The van der Waals surface area contributed by atoms with E-state index in [1.165, 1.54) is 16.2 Å². The van der Waals surface area contributed by atoms with E-state index >= 15 is 0 Å². The van der Waals surface area contributed by atoms with Gasteiger partial charge >= 0.3 is 5.97 Å². The number of rotatable bonds is 6. The van der Waals surface area contributed by atoms with Gasteiger partial charge in [0.05, 0.1) is 23.4 Å². The van der Waals surface area contributed by atoms with Crippen LogP contribution in [0.2, 0.25) is 0 Å². The van der Waals surface area contributed by atoms with E-state index in [-0.39, 0.29) is 5.92 Å². The molecule has 5 nitrogen and oxygen atoms in total. The molecule has 0 spiro atoms. The number of carboxylic acids is 1. The van der Waals surface area contributed by atoms with Crippen molar-refractivity contribution in [1.82, 2.24) is 9.97 Å². The molecule has 0 fully saturated rings. The highest BCUT2D eigenvalue weighted by Gasteiger charge is 2.22. The molecule has 2 aromatic heterocycles. The molecule has 1 atom stereocenters. The van der Waals surface area contributed by atoms with Crippen LogP contribution in [0.5, 0.6) is 0 Å². The van der Waals surface area contributed by atoms with E-state index in [4.69, 9.17) is 0 Å². The number of hydrogen-bond acceptors (Lipinski definition) is 6. The highest BCUT2D eigenvalue weighted by atomic mass is 32.1. The fraction of sp³-hybridized carbons (Fsp3) is 0.500. The van der Waals surface area contributed by atoms with Gasteiger partial charge < -0.3 is 10.0 Å². The first kappa shape index (κ1) is 15.9. The summed E-state index contributed by atoms with van der Waals surface area (Å²) >= 11 is 2.86. The van der Waals surface area contributed by atoms with Crippen LogP contribution in [0.1, 0.15) is 52.1 Å². The van der Waals surface area contributed by atoms with Gasteiger partial charge in [0.15, 0.2) is 5.13 Å². The molecule has 7 heteroatoms. The minimum Gasteiger partial charge on any atom is -0.477 e. The lowest BCUT2D eigenvalue weighted by molar-refractivity contribution is 0.0700. The van der Waals surface area contributed by atoms with E-state index in [0.29, 0.717) is 17.1 Å². The summed E-state index contributed by atoms with van der Waals surface area (Å²) in [5, 5.41) is 10.1. The summed E-state index contributed by atoms with van der Waals surface area (Å²) in [6.45, 7) is 6.73. The van der Waals surface area contributed by atoms with Crippen LogP contribution in [0, 0.1) is 6.92 Å². The van der Waals surface area contributed by atoms with Gasteiger partial charge in [-0.3, -0.25) is 0 Å². The lowest BCUT2D eigenvalue weighted by atomic mass is 10.0. The minimum atomic E-state index is -0.892. The molecule has 2 rings (SSSR count). The topological polar surface area (TPSA) is 66.3 Å². The van der Waals surface area contributed by atoms with Crippen molar-refractivity contribution in [2.45, 2.75) is 39.7 Å². The van der Waals surface area contributed by atoms with Crippen LogP contribution in [0.3, 0.4) is 0 Å². The Morgan fingerprint density at radius 1 is 1.52 bits per heavy atom. The lowest BCUT2D eigenvalue weighted by Crippen LogP contribution is -2.16. The molecule has 0 aromatic carbocycles. The molecule has 1 unspecified atom stereocenters. The standard InChI is InChI=1S/C14H19N3O2S2/c1-5-8(2)11-12(13(18)19)21-14(16-11)17(4)6-10-9(3)15-7-20-10/h7-8H,5-6H2,1-4H3,(H,18,19). The molecule has 2 heterocycles. The predicted molar refractivity (Wildman–Crippen MR) is 86.7 cm³/mol. The molecule has 0 aliphatic carbocycles. The Morgan fingerprint density at radius 2 is 2.24 bits per heavy atom. The second kappa shape index (κ2) is 6.53. The van der Waals surface area contributed by atoms with Crippen molar-refractivity contribution in [1.29, 1.82) is 0 Å². The zero-order valence-corrected chi connectivity index (χ0v) is 14.2. The van der Waals surface area contributed by atoms with Gasteiger partial charge in [-0.1, -0.05) is 25.2 Å². The number of aromatic carboxylic acids is 1. The molecule has 1 N–H and O–H groups in total. The SMILES string of the molecule is CCC(C)c1nc(N(C)Cc2scnc2C)sc1C(=O)O. The van der Waals surface area contributed by atoms with Gasteiger partial charge in [0, 0.05) is 11.9 Å². The molecule has 0 saturated carbocycles. The Kier molecular flexibility index (Phi) is 4.95. The Balaban J connectivity index is 2.27. The molecule has 0 aliphatic rings. The van der Waals surface area contributed by atoms with E-state index in [9.17, 15) is 9.90 Å². The van der Waals surface area contributed by atoms with Crippen LogP contribution in [-0.2, 0) is 6.54 Å². The first-order valence-corrected chi connectivity index (χ1v) is 8.47. The van der Waals surface area contributed by atoms with Crippen LogP contribution in [0.15, 0.2) is 5.51 Å². The maximum atomic E-state index is 11.4. The van der Waals surface area contributed by atoms with Gasteiger partial charge in [-0.15, -0.1) is 11.3 Å². The highest BCUT2D eigenvalue weighted by Crippen LogP contribution is 2.32. The number of aryl methyl sites for hydroxylation is 1. The number of carboxylic acid groups (broad SMARTS) is 1. The molecule has 0 bridgehead atoms. The molecule has 2 aromatic rings. The number of aromatic nitrogens is 2. The van der Waals surface area contributed by atoms with Crippen LogP contribution >= 0.6 is 22.7 Å². The second-order valence-electron chi connectivity index (χ2n) is 5.04. The number of anilines is 1. The van der Waals surface area contributed by atoms with E-state index in [0.717, 1.165) is 17.2 Å². The number of nitrogens with zero attached hydrogens (tertiary/aromatic N) is 3. The number of carbonyl (C=O) groups is 1. The first-order valence-electron chi connectivity index (χ1n) is 6.78. The molecule has 21 heavy (non-hydrogen) atoms. The summed E-state index contributed by atoms with van der Waals surface area (Å²) in [5.74, 6) is -0.740. The Hall–Kier alpha value is -1.47. The van der Waals surface area contributed by atoms with E-state index in [1.54, 1.807) is 11.3 Å². The fourth-order valence-electron chi connectivity index (χ4n) is 1.93. The van der Waals surface area contributed by atoms with Crippen molar-refractivity contribution in [2.75, 3.05) is 11.9 Å². The summed E-state index contributed by atoms with van der Waals surface area (Å²) < 4.78 is 0. The van der Waals surface area contributed by atoms with Crippen molar-refractivity contribution >= 4 is 33.8 Å². The van der Waals surface area contributed by atoms with Crippen molar-refractivity contribution in [3.63, 3.8) is 0 Å². The zero-order chi connectivity index (χ0) is 15.6. The van der Waals surface area contributed by atoms with Crippen LogP contribution < -0.4 is 4.90 Å². The van der Waals surface area contributed by atoms with Crippen molar-refractivity contribution in [3.8, 4) is 0 Å². The van der Waals surface area contributed by atoms with E-state index in [1.807, 2.05) is 38.2 Å². The highest BCUT2D eigenvalue weighted by molar-refractivity contribution is 7.17. The Morgan fingerprint density at radius 3 is 2.76 bits per heavy atom. The van der Waals surface area contributed by atoms with Crippen molar-refractivity contribution < 1.29 is 9.90 Å². The quantitative estimate of drug-likeness (QED) is 0.876. The molecule has 0 amide bonds. The number of hydrogen-bond donors (Lipinski definition) is 1. The van der Waals surface area contributed by atoms with Gasteiger partial charge in [-0.05, 0) is 19.3 Å². The molecule has 114 valence electrons. The number of thiazole rings is 2. The van der Waals surface area contributed by atoms with Gasteiger partial charge in [-0.2, -0.15) is 0 Å². The third-order valence-electron chi connectivity index (χ3n) is 3.47. The molecule has 0 aliphatic heterocycles.